The molecule has 0 radical (unpaired) electrons. The maximum Gasteiger partial charge on any atom is 0.229 e. The molecular formula is C13H20N4O2S. The zero-order chi connectivity index (χ0) is 14.7. The maximum absolute atomic E-state index is 12.1. The number of carbonyl (C=O) groups is 2. The fourth-order valence-corrected chi connectivity index (χ4v) is 3.22. The molecule has 0 spiro atoms. The third-order valence-corrected chi connectivity index (χ3v) is 3.99. The second-order valence-electron chi connectivity index (χ2n) is 5.69. The lowest BCUT2D eigenvalue weighted by Crippen LogP contribution is -2.44. The average molecular weight is 296 g/mol. The number of carbonyl (C=O) groups excluding carboxylic acids is 2. The molecule has 1 aromatic heterocycles. The largest absolute Gasteiger partial charge is 0.354 e. The monoisotopic (exact) mass is 296 g/mol. The molecule has 6 nitrogen and oxygen atoms in total. The topological polar surface area (TPSA) is 84.0 Å². The highest BCUT2D eigenvalue weighted by Gasteiger charge is 2.29. The highest BCUT2D eigenvalue weighted by atomic mass is 32.1. The first-order chi connectivity index (χ1) is 9.44. The molecule has 110 valence electrons. The van der Waals surface area contributed by atoms with Crippen LogP contribution in [0.3, 0.4) is 0 Å². The van der Waals surface area contributed by atoms with Gasteiger partial charge >= 0.3 is 0 Å². The summed E-state index contributed by atoms with van der Waals surface area (Å²) in [5.41, 5.74) is 0. The number of anilines is 1. The molecule has 2 atom stereocenters. The van der Waals surface area contributed by atoms with Gasteiger partial charge in [-0.1, -0.05) is 25.2 Å². The van der Waals surface area contributed by atoms with Crippen LogP contribution in [0.1, 0.15) is 38.6 Å². The normalized spacial score (nSPS) is 22.7. The summed E-state index contributed by atoms with van der Waals surface area (Å²) in [6, 6.07) is 0.0397. The smallest absolute Gasteiger partial charge is 0.229 e. The van der Waals surface area contributed by atoms with Crippen molar-refractivity contribution in [2.24, 2.45) is 11.8 Å². The Balaban J connectivity index is 1.93. The van der Waals surface area contributed by atoms with Crippen molar-refractivity contribution in [2.75, 3.05) is 5.32 Å². The quantitative estimate of drug-likeness (QED) is 0.883. The molecular weight excluding hydrogens is 276 g/mol. The first-order valence-electron chi connectivity index (χ1n) is 6.86. The standard InChI is InChI=1S/C13H20N4O2S/c1-7(2)4-11-16-17-13(20-11)15-12(19)9-5-8(3)14-10(18)6-9/h7-9H,4-6H2,1-3H3,(H,14,18)(H,15,17,19). The molecule has 0 aliphatic carbocycles. The van der Waals surface area contributed by atoms with E-state index in [9.17, 15) is 9.59 Å². The van der Waals surface area contributed by atoms with E-state index < -0.39 is 0 Å². The first kappa shape index (κ1) is 14.9. The molecule has 1 aromatic rings. The minimum Gasteiger partial charge on any atom is -0.354 e. The van der Waals surface area contributed by atoms with Crippen molar-refractivity contribution < 1.29 is 9.59 Å². The van der Waals surface area contributed by atoms with Gasteiger partial charge in [0.25, 0.3) is 0 Å². The van der Waals surface area contributed by atoms with Crippen molar-refractivity contribution in [3.8, 4) is 0 Å². The fraction of sp³-hybridized carbons (Fsp3) is 0.692. The summed E-state index contributed by atoms with van der Waals surface area (Å²) in [6.45, 7) is 6.13. The first-order valence-corrected chi connectivity index (χ1v) is 7.68. The van der Waals surface area contributed by atoms with Crippen molar-refractivity contribution in [1.82, 2.24) is 15.5 Å². The van der Waals surface area contributed by atoms with E-state index in [1.54, 1.807) is 0 Å². The van der Waals surface area contributed by atoms with E-state index in [4.69, 9.17) is 0 Å². The van der Waals surface area contributed by atoms with Gasteiger partial charge in [-0.25, -0.2) is 0 Å². The zero-order valence-corrected chi connectivity index (χ0v) is 12.8. The Bertz CT molecular complexity index is 500. The van der Waals surface area contributed by atoms with Gasteiger partial charge in [0, 0.05) is 24.8 Å². The van der Waals surface area contributed by atoms with Crippen LogP contribution in [-0.2, 0) is 16.0 Å². The van der Waals surface area contributed by atoms with Crippen LogP contribution in [-0.4, -0.2) is 28.1 Å². The fourth-order valence-electron chi connectivity index (χ4n) is 2.27. The Kier molecular flexibility index (Phi) is 4.69. The van der Waals surface area contributed by atoms with Crippen molar-refractivity contribution in [2.45, 2.75) is 46.1 Å². The van der Waals surface area contributed by atoms with Crippen LogP contribution in [0.2, 0.25) is 0 Å². The SMILES string of the molecule is CC(C)Cc1nnc(NC(=O)C2CC(=O)NC(C)C2)s1. The summed E-state index contributed by atoms with van der Waals surface area (Å²) in [4.78, 5) is 23.6. The summed E-state index contributed by atoms with van der Waals surface area (Å²) in [6.07, 6.45) is 1.76. The summed E-state index contributed by atoms with van der Waals surface area (Å²) < 4.78 is 0. The van der Waals surface area contributed by atoms with Gasteiger partial charge in [-0.15, -0.1) is 10.2 Å². The van der Waals surface area contributed by atoms with E-state index in [0.717, 1.165) is 11.4 Å². The summed E-state index contributed by atoms with van der Waals surface area (Å²) >= 11 is 1.40. The highest BCUT2D eigenvalue weighted by molar-refractivity contribution is 7.15. The predicted octanol–water partition coefficient (Wildman–Crippen LogP) is 1.59. The van der Waals surface area contributed by atoms with Crippen molar-refractivity contribution in [3.63, 3.8) is 0 Å². The van der Waals surface area contributed by atoms with Gasteiger partial charge in [0.2, 0.25) is 16.9 Å². The van der Waals surface area contributed by atoms with Gasteiger partial charge in [0.05, 0.1) is 0 Å². The van der Waals surface area contributed by atoms with E-state index >= 15 is 0 Å². The molecule has 20 heavy (non-hydrogen) atoms. The minimum absolute atomic E-state index is 0.0397. The number of nitrogens with one attached hydrogen (secondary N) is 2. The molecule has 2 unspecified atom stereocenters. The van der Waals surface area contributed by atoms with Crippen molar-refractivity contribution in [3.05, 3.63) is 5.01 Å². The molecule has 0 aromatic carbocycles. The summed E-state index contributed by atoms with van der Waals surface area (Å²) in [5, 5.41) is 15.1. The van der Waals surface area contributed by atoms with Gasteiger partial charge in [-0.2, -0.15) is 0 Å². The lowest BCUT2D eigenvalue weighted by atomic mass is 9.92. The number of hydrogen-bond acceptors (Lipinski definition) is 5. The number of aromatic nitrogens is 2. The van der Waals surface area contributed by atoms with Crippen LogP contribution in [0.5, 0.6) is 0 Å². The minimum atomic E-state index is -0.281. The van der Waals surface area contributed by atoms with Crippen molar-refractivity contribution in [1.29, 1.82) is 0 Å². The zero-order valence-electron chi connectivity index (χ0n) is 12.0. The van der Waals surface area contributed by atoms with Gasteiger partial charge in [-0.3, -0.25) is 9.59 Å². The van der Waals surface area contributed by atoms with Crippen LogP contribution < -0.4 is 10.6 Å². The molecule has 2 rings (SSSR count). The van der Waals surface area contributed by atoms with E-state index in [1.807, 2.05) is 6.92 Å². The van der Waals surface area contributed by atoms with Crippen LogP contribution in [0.4, 0.5) is 5.13 Å². The van der Waals surface area contributed by atoms with E-state index in [2.05, 4.69) is 34.7 Å². The highest BCUT2D eigenvalue weighted by Crippen LogP contribution is 2.22. The third kappa shape index (κ3) is 4.00. The second kappa shape index (κ2) is 6.30. The van der Waals surface area contributed by atoms with Gasteiger partial charge < -0.3 is 10.6 Å². The van der Waals surface area contributed by atoms with Crippen molar-refractivity contribution >= 4 is 28.3 Å². The van der Waals surface area contributed by atoms with Crippen LogP contribution in [0.15, 0.2) is 0 Å². The van der Waals surface area contributed by atoms with E-state index in [1.165, 1.54) is 11.3 Å². The molecule has 1 aliphatic rings. The number of amides is 2. The van der Waals surface area contributed by atoms with Crippen LogP contribution in [0.25, 0.3) is 0 Å². The Hall–Kier alpha value is -1.50. The van der Waals surface area contributed by atoms with E-state index in [-0.39, 0.29) is 30.2 Å². The Morgan fingerprint density at radius 1 is 1.50 bits per heavy atom. The molecule has 7 heteroatoms. The Labute approximate surface area is 122 Å². The molecule has 0 bridgehead atoms. The lowest BCUT2D eigenvalue weighted by Gasteiger charge is -2.26. The third-order valence-electron chi connectivity index (χ3n) is 3.13. The number of hydrogen-bond donors (Lipinski definition) is 2. The Morgan fingerprint density at radius 2 is 2.25 bits per heavy atom. The van der Waals surface area contributed by atoms with Crippen LogP contribution >= 0.6 is 11.3 Å². The molecule has 1 fully saturated rings. The van der Waals surface area contributed by atoms with Gasteiger partial charge in [0.15, 0.2) is 0 Å². The number of piperidine rings is 1. The number of rotatable bonds is 4. The van der Waals surface area contributed by atoms with E-state index in [0.29, 0.717) is 17.5 Å². The molecule has 2 amide bonds. The average Bonchev–Trinajstić information content (AvgIpc) is 2.74. The second-order valence-corrected chi connectivity index (χ2v) is 6.76. The molecule has 2 heterocycles. The lowest BCUT2D eigenvalue weighted by molar-refractivity contribution is -0.130. The summed E-state index contributed by atoms with van der Waals surface area (Å²) in [7, 11) is 0. The Morgan fingerprint density at radius 3 is 2.90 bits per heavy atom. The molecule has 1 aliphatic heterocycles. The predicted molar refractivity (Wildman–Crippen MR) is 77.4 cm³/mol. The molecule has 2 N–H and O–H groups in total. The molecule has 1 saturated heterocycles. The number of nitrogens with zero attached hydrogens (tertiary/aromatic N) is 2. The van der Waals surface area contributed by atoms with Gasteiger partial charge in [-0.05, 0) is 19.3 Å². The summed E-state index contributed by atoms with van der Waals surface area (Å²) in [5.74, 6) is 0.0196. The van der Waals surface area contributed by atoms with Gasteiger partial charge in [0.1, 0.15) is 5.01 Å². The molecule has 0 saturated carbocycles. The van der Waals surface area contributed by atoms with Crippen LogP contribution in [0, 0.1) is 11.8 Å². The maximum atomic E-state index is 12.1.